The molecular weight excluding hydrogens is 252 g/mol. The average Bonchev–Trinajstić information content (AvgIpc) is 2.98. The van der Waals surface area contributed by atoms with Crippen molar-refractivity contribution in [1.29, 1.82) is 0 Å². The molecule has 0 saturated carbocycles. The Morgan fingerprint density at radius 1 is 1.56 bits per heavy atom. The van der Waals surface area contributed by atoms with Crippen molar-refractivity contribution in [2.75, 3.05) is 13.1 Å². The number of rotatable bonds is 3. The minimum absolute atomic E-state index is 0.105. The Labute approximate surface area is 109 Å². The van der Waals surface area contributed by atoms with Crippen LogP contribution >= 0.6 is 11.6 Å². The lowest BCUT2D eigenvalue weighted by Crippen LogP contribution is -2.16. The van der Waals surface area contributed by atoms with Crippen molar-refractivity contribution >= 4 is 17.2 Å². The smallest absolute Gasteiger partial charge is 0.272 e. The highest BCUT2D eigenvalue weighted by atomic mass is 35.5. The molecule has 0 radical (unpaired) electrons. The summed E-state index contributed by atoms with van der Waals surface area (Å²) >= 11 is 5.98. The summed E-state index contributed by atoms with van der Waals surface area (Å²) in [6.07, 6.45) is 4.69. The van der Waals surface area contributed by atoms with E-state index in [0.29, 0.717) is 16.6 Å². The summed E-state index contributed by atoms with van der Waals surface area (Å²) in [4.78, 5) is 16.3. The molecule has 2 aromatic heterocycles. The Hall–Kier alpha value is -1.33. The van der Waals surface area contributed by atoms with Gasteiger partial charge in [-0.2, -0.15) is 0 Å². The van der Waals surface area contributed by atoms with E-state index in [9.17, 15) is 4.79 Å². The van der Waals surface area contributed by atoms with Gasteiger partial charge in [0.15, 0.2) is 5.65 Å². The molecule has 1 saturated heterocycles. The molecule has 1 aliphatic rings. The molecule has 2 aromatic rings. The fourth-order valence-corrected chi connectivity index (χ4v) is 2.62. The topological polar surface area (TPSA) is 62.2 Å². The van der Waals surface area contributed by atoms with Gasteiger partial charge < -0.3 is 5.32 Å². The number of aryl methyl sites for hydroxylation is 1. The third-order valence-electron chi connectivity index (χ3n) is 3.48. The van der Waals surface area contributed by atoms with Crippen molar-refractivity contribution in [1.82, 2.24) is 19.9 Å². The van der Waals surface area contributed by atoms with E-state index in [4.69, 9.17) is 11.6 Å². The molecule has 18 heavy (non-hydrogen) atoms. The number of halogens is 1. The first-order valence-corrected chi connectivity index (χ1v) is 6.58. The molecule has 3 heterocycles. The Bertz CT molecular complexity index is 612. The van der Waals surface area contributed by atoms with Crippen molar-refractivity contribution in [2.24, 2.45) is 5.92 Å². The second-order valence-corrected chi connectivity index (χ2v) is 5.17. The quantitative estimate of drug-likeness (QED) is 0.878. The zero-order valence-corrected chi connectivity index (χ0v) is 10.7. The number of nitrogens with one attached hydrogen (secondary N) is 2. The number of aromatic nitrogens is 3. The van der Waals surface area contributed by atoms with Crippen LogP contribution in [-0.2, 0) is 6.42 Å². The Morgan fingerprint density at radius 3 is 3.22 bits per heavy atom. The second-order valence-electron chi connectivity index (χ2n) is 4.76. The third-order valence-corrected chi connectivity index (χ3v) is 3.76. The first kappa shape index (κ1) is 11.7. The molecule has 6 heteroatoms. The van der Waals surface area contributed by atoms with Crippen LogP contribution in [0.5, 0.6) is 0 Å². The van der Waals surface area contributed by atoms with Gasteiger partial charge in [0.1, 0.15) is 5.02 Å². The van der Waals surface area contributed by atoms with Gasteiger partial charge >= 0.3 is 0 Å². The minimum atomic E-state index is -0.105. The molecule has 0 aliphatic carbocycles. The summed E-state index contributed by atoms with van der Waals surface area (Å²) in [7, 11) is 0. The zero-order chi connectivity index (χ0) is 12.5. The third kappa shape index (κ3) is 2.15. The highest BCUT2D eigenvalue weighted by Crippen LogP contribution is 2.16. The monoisotopic (exact) mass is 266 g/mol. The van der Waals surface area contributed by atoms with Crippen molar-refractivity contribution in [3.63, 3.8) is 0 Å². The van der Waals surface area contributed by atoms with E-state index in [-0.39, 0.29) is 5.56 Å². The van der Waals surface area contributed by atoms with Crippen molar-refractivity contribution in [3.05, 3.63) is 33.3 Å². The predicted molar refractivity (Wildman–Crippen MR) is 70.1 cm³/mol. The van der Waals surface area contributed by atoms with Gasteiger partial charge in [0.05, 0.1) is 0 Å². The van der Waals surface area contributed by atoms with E-state index in [1.54, 1.807) is 12.3 Å². The highest BCUT2D eigenvalue weighted by Gasteiger charge is 2.15. The zero-order valence-electron chi connectivity index (χ0n) is 9.95. The molecule has 0 amide bonds. The molecular formula is C12H15ClN4O. The first-order chi connectivity index (χ1) is 8.74. The maximum Gasteiger partial charge on any atom is 0.272 e. The summed E-state index contributed by atoms with van der Waals surface area (Å²) in [5, 5.41) is 6.61. The van der Waals surface area contributed by atoms with E-state index in [1.165, 1.54) is 10.9 Å². The number of aromatic amines is 1. The van der Waals surface area contributed by atoms with Crippen LogP contribution in [0.15, 0.2) is 17.1 Å². The average molecular weight is 267 g/mol. The normalized spacial score (nSPS) is 19.7. The van der Waals surface area contributed by atoms with Crippen LogP contribution < -0.4 is 10.9 Å². The van der Waals surface area contributed by atoms with Gasteiger partial charge in [-0.3, -0.25) is 9.89 Å². The molecule has 1 atom stereocenters. The minimum Gasteiger partial charge on any atom is -0.316 e. The second kappa shape index (κ2) is 4.74. The Kier molecular flexibility index (Phi) is 3.09. The number of hydrogen-bond donors (Lipinski definition) is 2. The number of H-pyrrole nitrogens is 1. The van der Waals surface area contributed by atoms with Crippen LogP contribution in [0.1, 0.15) is 18.5 Å². The fraction of sp³-hybridized carbons (Fsp3) is 0.500. The Balaban J connectivity index is 1.83. The lowest BCUT2D eigenvalue weighted by atomic mass is 10.0. The van der Waals surface area contributed by atoms with Crippen LogP contribution in [0.3, 0.4) is 0 Å². The van der Waals surface area contributed by atoms with Gasteiger partial charge in [0.25, 0.3) is 5.56 Å². The molecule has 2 N–H and O–H groups in total. The molecule has 0 bridgehead atoms. The van der Waals surface area contributed by atoms with Crippen LogP contribution in [0.2, 0.25) is 5.02 Å². The molecule has 5 nitrogen and oxygen atoms in total. The molecule has 96 valence electrons. The summed E-state index contributed by atoms with van der Waals surface area (Å²) in [5.41, 5.74) is 1.24. The predicted octanol–water partition coefficient (Wildman–Crippen LogP) is 1.22. The van der Waals surface area contributed by atoms with Crippen LogP contribution in [0.25, 0.3) is 5.65 Å². The van der Waals surface area contributed by atoms with Crippen LogP contribution in [0.4, 0.5) is 0 Å². The van der Waals surface area contributed by atoms with Gasteiger partial charge in [0, 0.05) is 18.0 Å². The van der Waals surface area contributed by atoms with E-state index in [2.05, 4.69) is 15.4 Å². The number of nitrogens with zero attached hydrogens (tertiary/aromatic N) is 2. The molecule has 1 unspecified atom stereocenters. The van der Waals surface area contributed by atoms with Gasteiger partial charge in [-0.25, -0.2) is 9.50 Å². The van der Waals surface area contributed by atoms with Gasteiger partial charge in [-0.1, -0.05) is 11.6 Å². The lowest BCUT2D eigenvalue weighted by Gasteiger charge is -2.07. The van der Waals surface area contributed by atoms with E-state index < -0.39 is 0 Å². The lowest BCUT2D eigenvalue weighted by molar-refractivity contribution is 0.529. The van der Waals surface area contributed by atoms with E-state index in [0.717, 1.165) is 31.6 Å². The largest absolute Gasteiger partial charge is 0.316 e. The van der Waals surface area contributed by atoms with Gasteiger partial charge in [0.2, 0.25) is 0 Å². The molecule has 0 aromatic carbocycles. The highest BCUT2D eigenvalue weighted by molar-refractivity contribution is 6.33. The maximum absolute atomic E-state index is 11.8. The van der Waals surface area contributed by atoms with Crippen molar-refractivity contribution in [2.45, 2.75) is 19.3 Å². The van der Waals surface area contributed by atoms with Crippen molar-refractivity contribution in [3.8, 4) is 0 Å². The van der Waals surface area contributed by atoms with Crippen molar-refractivity contribution < 1.29 is 0 Å². The molecule has 0 spiro atoms. The van der Waals surface area contributed by atoms with E-state index in [1.807, 2.05) is 0 Å². The SMILES string of the molecule is O=c1cc(CCC2CCNC2)nc2c(Cl)c[nH]n12. The summed E-state index contributed by atoms with van der Waals surface area (Å²) in [6.45, 7) is 2.18. The molecule has 3 rings (SSSR count). The number of fused-ring (bicyclic) bond motifs is 1. The molecule has 1 fully saturated rings. The standard InChI is InChI=1S/C12H15ClN4O/c13-10-7-15-17-11(18)5-9(16-12(10)17)2-1-8-3-4-14-6-8/h5,7-8,14-15H,1-4,6H2. The molecule has 1 aliphatic heterocycles. The summed E-state index contributed by atoms with van der Waals surface area (Å²) in [6, 6.07) is 1.59. The van der Waals surface area contributed by atoms with Gasteiger partial charge in [-0.05, 0) is 38.3 Å². The maximum atomic E-state index is 11.8. The van der Waals surface area contributed by atoms with E-state index >= 15 is 0 Å². The fourth-order valence-electron chi connectivity index (χ4n) is 2.44. The first-order valence-electron chi connectivity index (χ1n) is 6.20. The number of hydrogen-bond acceptors (Lipinski definition) is 3. The summed E-state index contributed by atoms with van der Waals surface area (Å²) in [5.74, 6) is 0.701. The van der Waals surface area contributed by atoms with Gasteiger partial charge in [-0.15, -0.1) is 0 Å². The van der Waals surface area contributed by atoms with Crippen LogP contribution in [0, 0.1) is 5.92 Å². The van der Waals surface area contributed by atoms with Crippen LogP contribution in [-0.4, -0.2) is 27.7 Å². The Morgan fingerprint density at radius 2 is 2.44 bits per heavy atom. The summed E-state index contributed by atoms with van der Waals surface area (Å²) < 4.78 is 1.36.